The standard InChI is InChI=1S/C15H18N2O4/c1-10(18)14(15(20)21-2)16-13(19)9-17-8-7-11-5-3-4-6-12(11)17/h3-8,10,14,18H,9H2,1-2H3,(H,16,19)/t10-,14-/m0/s1. The van der Waals surface area contributed by atoms with Gasteiger partial charge in [0.05, 0.1) is 13.2 Å². The highest BCUT2D eigenvalue weighted by Gasteiger charge is 2.26. The normalized spacial score (nSPS) is 13.7. The number of aromatic nitrogens is 1. The van der Waals surface area contributed by atoms with E-state index in [4.69, 9.17) is 0 Å². The van der Waals surface area contributed by atoms with E-state index in [-0.39, 0.29) is 12.5 Å². The molecule has 1 heterocycles. The van der Waals surface area contributed by atoms with Gasteiger partial charge in [-0.15, -0.1) is 0 Å². The first-order valence-corrected chi connectivity index (χ1v) is 6.62. The van der Waals surface area contributed by atoms with Crippen LogP contribution in [0.3, 0.4) is 0 Å². The second-order valence-corrected chi connectivity index (χ2v) is 4.81. The van der Waals surface area contributed by atoms with Crippen LogP contribution < -0.4 is 5.32 Å². The number of rotatable bonds is 5. The molecule has 0 saturated heterocycles. The van der Waals surface area contributed by atoms with Crippen LogP contribution in [0.25, 0.3) is 10.9 Å². The Kier molecular flexibility index (Phi) is 4.59. The second kappa shape index (κ2) is 6.41. The number of hydrogen-bond acceptors (Lipinski definition) is 4. The number of nitrogens with one attached hydrogen (secondary N) is 1. The van der Waals surface area contributed by atoms with Crippen molar-refractivity contribution in [3.8, 4) is 0 Å². The van der Waals surface area contributed by atoms with Crippen molar-refractivity contribution in [2.75, 3.05) is 7.11 Å². The number of nitrogens with zero attached hydrogens (tertiary/aromatic N) is 1. The van der Waals surface area contributed by atoms with E-state index in [0.717, 1.165) is 10.9 Å². The quantitative estimate of drug-likeness (QED) is 0.794. The number of fused-ring (bicyclic) bond motifs is 1. The summed E-state index contributed by atoms with van der Waals surface area (Å²) in [6.45, 7) is 1.49. The molecule has 6 nitrogen and oxygen atoms in total. The van der Waals surface area contributed by atoms with Gasteiger partial charge in [0.25, 0.3) is 0 Å². The minimum Gasteiger partial charge on any atom is -0.467 e. The Morgan fingerprint density at radius 2 is 2.05 bits per heavy atom. The zero-order chi connectivity index (χ0) is 15.4. The number of aliphatic hydroxyl groups excluding tert-OH is 1. The molecule has 0 aliphatic rings. The van der Waals surface area contributed by atoms with Gasteiger partial charge in [-0.1, -0.05) is 18.2 Å². The van der Waals surface area contributed by atoms with Crippen molar-refractivity contribution in [1.29, 1.82) is 0 Å². The second-order valence-electron chi connectivity index (χ2n) is 4.81. The van der Waals surface area contributed by atoms with Crippen molar-refractivity contribution in [1.82, 2.24) is 9.88 Å². The number of para-hydroxylation sites is 1. The van der Waals surface area contributed by atoms with Gasteiger partial charge in [-0.05, 0) is 24.4 Å². The molecular weight excluding hydrogens is 272 g/mol. The number of ether oxygens (including phenoxy) is 1. The molecule has 2 aromatic rings. The maximum atomic E-state index is 12.0. The fraction of sp³-hybridized carbons (Fsp3) is 0.333. The summed E-state index contributed by atoms with van der Waals surface area (Å²) in [4.78, 5) is 23.5. The van der Waals surface area contributed by atoms with E-state index in [1.54, 1.807) is 10.8 Å². The Morgan fingerprint density at radius 1 is 1.33 bits per heavy atom. The molecule has 2 N–H and O–H groups in total. The summed E-state index contributed by atoms with van der Waals surface area (Å²) < 4.78 is 6.34. The third-order valence-electron chi connectivity index (χ3n) is 3.25. The fourth-order valence-corrected chi connectivity index (χ4v) is 2.16. The van der Waals surface area contributed by atoms with Crippen LogP contribution in [0.15, 0.2) is 36.5 Å². The molecule has 21 heavy (non-hydrogen) atoms. The van der Waals surface area contributed by atoms with Crippen LogP contribution in [0, 0.1) is 0 Å². The molecule has 0 saturated carbocycles. The lowest BCUT2D eigenvalue weighted by Gasteiger charge is -2.19. The number of carbonyl (C=O) groups excluding carboxylic acids is 2. The zero-order valence-electron chi connectivity index (χ0n) is 11.9. The maximum absolute atomic E-state index is 12.0. The fourth-order valence-electron chi connectivity index (χ4n) is 2.16. The van der Waals surface area contributed by atoms with E-state index in [0.29, 0.717) is 0 Å². The third-order valence-corrected chi connectivity index (χ3v) is 3.25. The largest absolute Gasteiger partial charge is 0.467 e. The summed E-state index contributed by atoms with van der Waals surface area (Å²) in [6, 6.07) is 8.53. The Labute approximate surface area is 122 Å². The minimum atomic E-state index is -1.07. The van der Waals surface area contributed by atoms with Gasteiger partial charge in [-0.25, -0.2) is 4.79 Å². The number of methoxy groups -OCH3 is 1. The molecule has 0 bridgehead atoms. The van der Waals surface area contributed by atoms with Gasteiger partial charge in [0, 0.05) is 11.7 Å². The lowest BCUT2D eigenvalue weighted by molar-refractivity contribution is -0.148. The van der Waals surface area contributed by atoms with Crippen LogP contribution in [0.1, 0.15) is 6.92 Å². The first-order chi connectivity index (χ1) is 10.0. The topological polar surface area (TPSA) is 80.6 Å². The lowest BCUT2D eigenvalue weighted by Crippen LogP contribution is -2.49. The number of aliphatic hydroxyl groups is 1. The first-order valence-electron chi connectivity index (χ1n) is 6.62. The summed E-state index contributed by atoms with van der Waals surface area (Å²) in [6.07, 6.45) is 0.780. The van der Waals surface area contributed by atoms with E-state index in [1.165, 1.54) is 14.0 Å². The molecule has 2 atom stereocenters. The van der Waals surface area contributed by atoms with E-state index in [2.05, 4.69) is 10.1 Å². The Morgan fingerprint density at radius 3 is 2.71 bits per heavy atom. The van der Waals surface area contributed by atoms with Gasteiger partial charge >= 0.3 is 5.97 Å². The smallest absolute Gasteiger partial charge is 0.331 e. The van der Waals surface area contributed by atoms with Crippen molar-refractivity contribution in [2.45, 2.75) is 25.6 Å². The predicted molar refractivity (Wildman–Crippen MR) is 77.6 cm³/mol. The lowest BCUT2D eigenvalue weighted by atomic mass is 10.2. The highest BCUT2D eigenvalue weighted by molar-refractivity contribution is 5.86. The average Bonchev–Trinajstić information content (AvgIpc) is 2.87. The van der Waals surface area contributed by atoms with Gasteiger partial charge in [0.15, 0.2) is 6.04 Å². The predicted octanol–water partition coefficient (Wildman–Crippen LogP) is 0.680. The van der Waals surface area contributed by atoms with E-state index >= 15 is 0 Å². The van der Waals surface area contributed by atoms with Gasteiger partial charge < -0.3 is 19.7 Å². The number of benzene rings is 1. The molecule has 6 heteroatoms. The summed E-state index contributed by atoms with van der Waals surface area (Å²) in [5.41, 5.74) is 0.930. The number of carbonyl (C=O) groups is 2. The highest BCUT2D eigenvalue weighted by Crippen LogP contribution is 2.14. The van der Waals surface area contributed by atoms with Crippen LogP contribution in [0.4, 0.5) is 0 Å². The van der Waals surface area contributed by atoms with Gasteiger partial charge in [0.2, 0.25) is 5.91 Å². The Bertz CT molecular complexity index is 648. The van der Waals surface area contributed by atoms with Gasteiger partial charge in [0.1, 0.15) is 6.54 Å². The molecule has 112 valence electrons. The SMILES string of the molecule is COC(=O)[C@@H](NC(=O)Cn1ccc2ccccc21)[C@H](C)O. The van der Waals surface area contributed by atoms with Crippen LogP contribution >= 0.6 is 0 Å². The van der Waals surface area contributed by atoms with Crippen LogP contribution in [-0.2, 0) is 20.9 Å². The van der Waals surface area contributed by atoms with E-state index < -0.39 is 18.1 Å². The van der Waals surface area contributed by atoms with Crippen molar-refractivity contribution in [3.05, 3.63) is 36.5 Å². The maximum Gasteiger partial charge on any atom is 0.331 e. The number of amides is 1. The summed E-state index contributed by atoms with van der Waals surface area (Å²) in [5, 5.41) is 13.1. The van der Waals surface area contributed by atoms with Gasteiger partial charge in [-0.3, -0.25) is 4.79 Å². The summed E-state index contributed by atoms with van der Waals surface area (Å²) in [5.74, 6) is -1.04. The van der Waals surface area contributed by atoms with Gasteiger partial charge in [-0.2, -0.15) is 0 Å². The van der Waals surface area contributed by atoms with E-state index in [1.807, 2.05) is 30.3 Å². The minimum absolute atomic E-state index is 0.0632. The Hall–Kier alpha value is -2.34. The molecular formula is C15H18N2O4. The molecule has 1 amide bonds. The van der Waals surface area contributed by atoms with Crippen molar-refractivity contribution in [2.24, 2.45) is 0 Å². The van der Waals surface area contributed by atoms with Crippen LogP contribution in [-0.4, -0.2) is 40.8 Å². The van der Waals surface area contributed by atoms with Crippen molar-refractivity contribution >= 4 is 22.8 Å². The summed E-state index contributed by atoms with van der Waals surface area (Å²) >= 11 is 0. The zero-order valence-corrected chi connectivity index (χ0v) is 11.9. The molecule has 2 rings (SSSR count). The first kappa shape index (κ1) is 15.1. The molecule has 0 radical (unpaired) electrons. The highest BCUT2D eigenvalue weighted by atomic mass is 16.5. The van der Waals surface area contributed by atoms with Crippen molar-refractivity contribution < 1.29 is 19.4 Å². The molecule has 0 aliphatic carbocycles. The van der Waals surface area contributed by atoms with E-state index in [9.17, 15) is 14.7 Å². The molecule has 0 fully saturated rings. The molecule has 1 aromatic heterocycles. The Balaban J connectivity index is 2.09. The average molecular weight is 290 g/mol. The number of hydrogen-bond donors (Lipinski definition) is 2. The monoisotopic (exact) mass is 290 g/mol. The van der Waals surface area contributed by atoms with Crippen molar-refractivity contribution in [3.63, 3.8) is 0 Å². The third kappa shape index (κ3) is 3.41. The van der Waals surface area contributed by atoms with Crippen LogP contribution in [0.2, 0.25) is 0 Å². The molecule has 0 unspecified atom stereocenters. The van der Waals surface area contributed by atoms with Crippen LogP contribution in [0.5, 0.6) is 0 Å². The molecule has 0 spiro atoms. The molecule has 0 aliphatic heterocycles. The summed E-state index contributed by atoms with van der Waals surface area (Å²) in [7, 11) is 1.21. The molecule has 1 aromatic carbocycles. The number of esters is 1.